The topological polar surface area (TPSA) is 42.0 Å². The maximum atomic E-state index is 12.8. The van der Waals surface area contributed by atoms with E-state index >= 15 is 0 Å². The van der Waals surface area contributed by atoms with E-state index in [0.717, 1.165) is 22.7 Å². The minimum Gasteiger partial charge on any atom is -0.358 e. The van der Waals surface area contributed by atoms with E-state index in [2.05, 4.69) is 69.6 Å². The van der Waals surface area contributed by atoms with Gasteiger partial charge in [-0.3, -0.25) is 4.79 Å². The largest absolute Gasteiger partial charge is 0.358 e. The van der Waals surface area contributed by atoms with Crippen molar-refractivity contribution in [1.29, 1.82) is 0 Å². The third-order valence-corrected chi connectivity index (χ3v) is 5.62. The molecular formula is C21H30N2OS. The number of thiazole rings is 1. The molecule has 1 heterocycles. The molecule has 1 aromatic heterocycles. The summed E-state index contributed by atoms with van der Waals surface area (Å²) < 4.78 is 0. The predicted molar refractivity (Wildman–Crippen MR) is 106 cm³/mol. The van der Waals surface area contributed by atoms with Crippen molar-refractivity contribution in [3.8, 4) is 0 Å². The van der Waals surface area contributed by atoms with Crippen molar-refractivity contribution in [2.45, 2.75) is 58.8 Å². The molecule has 0 spiro atoms. The fourth-order valence-corrected chi connectivity index (χ4v) is 4.12. The first-order valence-corrected chi connectivity index (χ1v) is 9.75. The molecule has 2 rings (SSSR count). The maximum Gasteiger partial charge on any atom is 0.237 e. The zero-order valence-electron chi connectivity index (χ0n) is 16.4. The van der Waals surface area contributed by atoms with Crippen LogP contribution in [-0.2, 0) is 22.0 Å². The smallest absolute Gasteiger partial charge is 0.237 e. The minimum atomic E-state index is -0.778. The number of nitrogens with one attached hydrogen (secondary N) is 1. The van der Waals surface area contributed by atoms with Crippen molar-refractivity contribution in [2.24, 2.45) is 5.92 Å². The summed E-state index contributed by atoms with van der Waals surface area (Å²) >= 11 is 1.56. The van der Waals surface area contributed by atoms with Gasteiger partial charge in [-0.1, -0.05) is 58.9 Å². The number of carbonyl (C=O) groups excluding carboxylic acids is 1. The molecule has 0 aliphatic carbocycles. The molecule has 4 heteroatoms. The molecule has 0 fully saturated rings. The van der Waals surface area contributed by atoms with Crippen LogP contribution in [0.25, 0.3) is 0 Å². The van der Waals surface area contributed by atoms with Gasteiger partial charge in [-0.15, -0.1) is 11.3 Å². The second kappa shape index (κ2) is 7.28. The summed E-state index contributed by atoms with van der Waals surface area (Å²) in [4.78, 5) is 17.6. The Balaban J connectivity index is 2.48. The molecule has 3 nitrogen and oxygen atoms in total. The van der Waals surface area contributed by atoms with Crippen molar-refractivity contribution >= 4 is 17.2 Å². The van der Waals surface area contributed by atoms with E-state index in [1.165, 1.54) is 5.56 Å². The molecular weight excluding hydrogens is 328 g/mol. The van der Waals surface area contributed by atoms with E-state index in [9.17, 15) is 4.79 Å². The van der Waals surface area contributed by atoms with Crippen LogP contribution in [0.15, 0.2) is 29.6 Å². The third-order valence-electron chi connectivity index (χ3n) is 4.56. The third kappa shape index (κ3) is 4.12. The Morgan fingerprint density at radius 1 is 1.16 bits per heavy atom. The van der Waals surface area contributed by atoms with Gasteiger partial charge in [0.25, 0.3) is 0 Å². The Morgan fingerprint density at radius 3 is 2.20 bits per heavy atom. The van der Waals surface area contributed by atoms with Crippen LogP contribution in [0.4, 0.5) is 0 Å². The first-order valence-electron chi connectivity index (χ1n) is 8.87. The number of aromatic nitrogens is 1. The van der Waals surface area contributed by atoms with Gasteiger partial charge in [0.05, 0.1) is 5.69 Å². The number of hydrogen-bond acceptors (Lipinski definition) is 3. The van der Waals surface area contributed by atoms with Crippen LogP contribution in [0.3, 0.4) is 0 Å². The van der Waals surface area contributed by atoms with E-state index in [-0.39, 0.29) is 11.3 Å². The van der Waals surface area contributed by atoms with Crippen molar-refractivity contribution in [3.63, 3.8) is 0 Å². The van der Waals surface area contributed by atoms with E-state index in [1.54, 1.807) is 18.4 Å². The first-order chi connectivity index (χ1) is 11.6. The highest BCUT2D eigenvalue weighted by atomic mass is 32.1. The standard InChI is InChI=1S/C21H30N2OS/c1-14(2)12-15-8-10-16(11-9-15)21(6,18(24)22-7)19-23-17(13-25-19)20(3,4)5/h8-11,13-14H,12H2,1-7H3,(H,22,24). The molecule has 0 saturated carbocycles. The molecule has 0 aliphatic heterocycles. The number of nitrogens with zero attached hydrogens (tertiary/aromatic N) is 1. The first kappa shape index (κ1) is 19.6. The van der Waals surface area contributed by atoms with E-state index in [1.807, 2.05) is 6.92 Å². The van der Waals surface area contributed by atoms with Crippen LogP contribution in [0.5, 0.6) is 0 Å². The lowest BCUT2D eigenvalue weighted by Gasteiger charge is -2.26. The van der Waals surface area contributed by atoms with Gasteiger partial charge >= 0.3 is 0 Å². The summed E-state index contributed by atoms with van der Waals surface area (Å²) in [5, 5.41) is 5.74. The Labute approximate surface area is 155 Å². The van der Waals surface area contributed by atoms with E-state index in [4.69, 9.17) is 4.98 Å². The van der Waals surface area contributed by atoms with Gasteiger partial charge in [0.15, 0.2) is 0 Å². The average Bonchev–Trinajstić information content (AvgIpc) is 3.04. The van der Waals surface area contributed by atoms with Gasteiger partial charge in [0, 0.05) is 17.8 Å². The van der Waals surface area contributed by atoms with E-state index < -0.39 is 5.41 Å². The van der Waals surface area contributed by atoms with Crippen LogP contribution in [0, 0.1) is 5.92 Å². The van der Waals surface area contributed by atoms with Crippen molar-refractivity contribution in [3.05, 3.63) is 51.5 Å². The Kier molecular flexibility index (Phi) is 5.72. The highest BCUT2D eigenvalue weighted by Crippen LogP contribution is 2.36. The summed E-state index contributed by atoms with van der Waals surface area (Å²) in [6.07, 6.45) is 1.04. The van der Waals surface area contributed by atoms with Gasteiger partial charge in [-0.25, -0.2) is 4.98 Å². The van der Waals surface area contributed by atoms with Gasteiger partial charge < -0.3 is 5.32 Å². The maximum absolute atomic E-state index is 12.8. The average molecular weight is 359 g/mol. The lowest BCUT2D eigenvalue weighted by Crippen LogP contribution is -2.41. The van der Waals surface area contributed by atoms with Crippen LogP contribution in [-0.4, -0.2) is 17.9 Å². The van der Waals surface area contributed by atoms with Gasteiger partial charge in [0.2, 0.25) is 5.91 Å². The van der Waals surface area contributed by atoms with Crippen LogP contribution in [0.1, 0.15) is 63.4 Å². The molecule has 0 bridgehead atoms. The molecule has 1 atom stereocenters. The Bertz CT molecular complexity index is 725. The number of likely N-dealkylation sites (N-methyl/N-ethyl adjacent to an activating group) is 1. The molecule has 0 radical (unpaired) electrons. The minimum absolute atomic E-state index is 0.0283. The fourth-order valence-electron chi connectivity index (χ4n) is 2.90. The molecule has 1 aromatic carbocycles. The van der Waals surface area contributed by atoms with Gasteiger partial charge in [-0.2, -0.15) is 0 Å². The van der Waals surface area contributed by atoms with Crippen molar-refractivity contribution in [1.82, 2.24) is 10.3 Å². The number of hydrogen-bond donors (Lipinski definition) is 1. The highest BCUT2D eigenvalue weighted by molar-refractivity contribution is 7.10. The van der Waals surface area contributed by atoms with E-state index in [0.29, 0.717) is 5.92 Å². The molecule has 136 valence electrons. The molecule has 1 unspecified atom stereocenters. The summed E-state index contributed by atoms with van der Waals surface area (Å²) in [7, 11) is 1.69. The number of benzene rings is 1. The zero-order valence-corrected chi connectivity index (χ0v) is 17.3. The molecule has 25 heavy (non-hydrogen) atoms. The summed E-state index contributed by atoms with van der Waals surface area (Å²) in [6.45, 7) is 12.8. The normalized spacial score (nSPS) is 14.4. The molecule has 1 amide bonds. The lowest BCUT2D eigenvalue weighted by atomic mass is 9.81. The summed E-state index contributed by atoms with van der Waals surface area (Å²) in [5.74, 6) is 0.586. The zero-order chi connectivity index (χ0) is 18.8. The van der Waals surface area contributed by atoms with Crippen LogP contribution < -0.4 is 5.32 Å². The Morgan fingerprint density at radius 2 is 1.76 bits per heavy atom. The van der Waals surface area contributed by atoms with Gasteiger partial charge in [-0.05, 0) is 30.4 Å². The number of amides is 1. The second-order valence-corrected chi connectivity index (χ2v) is 9.15. The summed E-state index contributed by atoms with van der Waals surface area (Å²) in [5.41, 5.74) is 2.50. The monoisotopic (exact) mass is 358 g/mol. The highest BCUT2D eigenvalue weighted by Gasteiger charge is 2.40. The molecule has 2 aromatic rings. The summed E-state index contributed by atoms with van der Waals surface area (Å²) in [6, 6.07) is 8.42. The molecule has 1 N–H and O–H groups in total. The SMILES string of the molecule is CNC(=O)C(C)(c1ccc(CC(C)C)cc1)c1nc(C(C)(C)C)cs1. The molecule has 0 aliphatic rings. The van der Waals surface area contributed by atoms with Crippen LogP contribution in [0.2, 0.25) is 0 Å². The Hall–Kier alpha value is -1.68. The predicted octanol–water partition coefficient (Wildman–Crippen LogP) is 4.69. The number of rotatable bonds is 5. The van der Waals surface area contributed by atoms with Gasteiger partial charge in [0.1, 0.15) is 10.4 Å². The fraction of sp³-hybridized carbons (Fsp3) is 0.524. The van der Waals surface area contributed by atoms with Crippen molar-refractivity contribution < 1.29 is 4.79 Å². The second-order valence-electron chi connectivity index (χ2n) is 8.29. The number of carbonyl (C=O) groups is 1. The molecule has 0 saturated heterocycles. The quantitative estimate of drug-likeness (QED) is 0.842. The van der Waals surface area contributed by atoms with Crippen LogP contribution >= 0.6 is 11.3 Å². The lowest BCUT2D eigenvalue weighted by molar-refractivity contribution is -0.124. The van der Waals surface area contributed by atoms with Crippen molar-refractivity contribution in [2.75, 3.05) is 7.05 Å².